The number of anilines is 1. The summed E-state index contributed by atoms with van der Waals surface area (Å²) >= 11 is 6.46. The van der Waals surface area contributed by atoms with Crippen LogP contribution in [0.1, 0.15) is 96.2 Å². The zero-order chi connectivity index (χ0) is 31.6. The summed E-state index contributed by atoms with van der Waals surface area (Å²) in [6, 6.07) is 10.6. The number of halogens is 1. The van der Waals surface area contributed by atoms with E-state index in [1.54, 1.807) is 36.7 Å². The molecule has 43 heavy (non-hydrogen) atoms. The summed E-state index contributed by atoms with van der Waals surface area (Å²) < 4.78 is 1.57. The Morgan fingerprint density at radius 2 is 1.79 bits per heavy atom. The molecular formula is C37H55ClN3O2+. The quantitative estimate of drug-likeness (QED) is 0.109. The Morgan fingerprint density at radius 1 is 1.07 bits per heavy atom. The first-order chi connectivity index (χ1) is 20.8. The second-order valence-electron chi connectivity index (χ2n) is 11.4. The van der Waals surface area contributed by atoms with E-state index in [0.29, 0.717) is 12.5 Å². The van der Waals surface area contributed by atoms with Gasteiger partial charge in [0.15, 0.2) is 0 Å². The highest BCUT2D eigenvalue weighted by Gasteiger charge is 2.31. The lowest BCUT2D eigenvalue weighted by atomic mass is 9.89. The number of Topliss-reactive ketones (excluding diaryl/α,β-unsaturated/α-hetero) is 1. The minimum Gasteiger partial charge on any atom is -0.370 e. The van der Waals surface area contributed by atoms with Crippen LogP contribution in [0.15, 0.2) is 78.7 Å². The highest BCUT2D eigenvalue weighted by Crippen LogP contribution is 2.43. The monoisotopic (exact) mass is 608 g/mol. The van der Waals surface area contributed by atoms with E-state index < -0.39 is 0 Å². The molecule has 0 saturated carbocycles. The van der Waals surface area contributed by atoms with Gasteiger partial charge < -0.3 is 4.90 Å². The van der Waals surface area contributed by atoms with E-state index in [2.05, 4.69) is 74.5 Å². The van der Waals surface area contributed by atoms with E-state index in [1.807, 2.05) is 18.2 Å². The van der Waals surface area contributed by atoms with Crippen LogP contribution in [-0.4, -0.2) is 44.5 Å². The van der Waals surface area contributed by atoms with Gasteiger partial charge in [-0.05, 0) is 80.1 Å². The van der Waals surface area contributed by atoms with E-state index in [4.69, 9.17) is 16.4 Å². The van der Waals surface area contributed by atoms with Crippen molar-refractivity contribution in [3.63, 3.8) is 0 Å². The lowest BCUT2D eigenvalue weighted by Gasteiger charge is -2.35. The molecule has 0 fully saturated rings. The Labute approximate surface area is 266 Å². The number of carbonyl (C=O) groups is 1. The average molecular weight is 609 g/mol. The van der Waals surface area contributed by atoms with Crippen LogP contribution in [0.2, 0.25) is 5.02 Å². The van der Waals surface area contributed by atoms with E-state index in [1.165, 1.54) is 61.8 Å². The Hall–Kier alpha value is -2.89. The van der Waals surface area contributed by atoms with Crippen molar-refractivity contribution in [3.05, 3.63) is 94.8 Å². The second-order valence-corrected chi connectivity index (χ2v) is 11.9. The zero-order valence-corrected chi connectivity index (χ0v) is 28.3. The molecule has 1 aromatic carbocycles. The predicted molar refractivity (Wildman–Crippen MR) is 183 cm³/mol. The molecule has 0 saturated heterocycles. The molecule has 5 nitrogen and oxygen atoms in total. The van der Waals surface area contributed by atoms with Crippen LogP contribution >= 0.6 is 11.6 Å². The lowest BCUT2D eigenvalue weighted by molar-refractivity contribution is -0.885. The fourth-order valence-corrected chi connectivity index (χ4v) is 5.85. The zero-order valence-electron chi connectivity index (χ0n) is 27.6. The van der Waals surface area contributed by atoms with E-state index in [-0.39, 0.29) is 5.78 Å². The van der Waals surface area contributed by atoms with Crippen LogP contribution in [-0.2, 0) is 11.2 Å². The molecule has 1 unspecified atom stereocenters. The molecule has 1 aromatic heterocycles. The molecule has 236 valence electrons. The van der Waals surface area contributed by atoms with Crippen molar-refractivity contribution in [3.8, 4) is 0 Å². The molecule has 2 aromatic rings. The molecule has 0 aliphatic carbocycles. The van der Waals surface area contributed by atoms with Crippen molar-refractivity contribution >= 4 is 23.1 Å². The number of rotatable bonds is 16. The van der Waals surface area contributed by atoms with Gasteiger partial charge in [-0.25, -0.2) is 0 Å². The summed E-state index contributed by atoms with van der Waals surface area (Å²) in [6.45, 7) is 15.6. The maximum Gasteiger partial charge on any atom is 0.222 e. The molecule has 0 radical (unpaired) electrons. The molecule has 0 bridgehead atoms. The topological polar surface area (TPSA) is 36.7 Å². The first-order valence-electron chi connectivity index (χ1n) is 16.1. The van der Waals surface area contributed by atoms with Crippen LogP contribution in [0, 0.1) is 0 Å². The summed E-state index contributed by atoms with van der Waals surface area (Å²) in [5.74, 6) is 0.171. The molecule has 1 atom stereocenters. The third-order valence-electron chi connectivity index (χ3n) is 7.79. The second kappa shape index (κ2) is 20.1. The Kier molecular flexibility index (Phi) is 17.0. The Bertz CT molecular complexity index is 1190. The molecular weight excluding hydrogens is 554 g/mol. The fourth-order valence-electron chi connectivity index (χ4n) is 5.68. The van der Waals surface area contributed by atoms with Gasteiger partial charge in [-0.3, -0.25) is 14.5 Å². The molecule has 1 aliphatic rings. The number of hydrogen-bond donors (Lipinski definition) is 0. The van der Waals surface area contributed by atoms with Crippen molar-refractivity contribution in [2.45, 2.75) is 91.5 Å². The van der Waals surface area contributed by atoms with Crippen molar-refractivity contribution in [2.75, 3.05) is 38.7 Å². The maximum atomic E-state index is 10.7. The Balaban J connectivity index is 0.000000448. The summed E-state index contributed by atoms with van der Waals surface area (Å²) in [5.41, 5.74) is 6.70. The number of unbranched alkanes of at least 4 members (excludes halogenated alkanes) is 4. The van der Waals surface area contributed by atoms with Gasteiger partial charge in [0.25, 0.3) is 0 Å². The van der Waals surface area contributed by atoms with Crippen LogP contribution in [0.3, 0.4) is 0 Å². The van der Waals surface area contributed by atoms with E-state index >= 15 is 0 Å². The first-order valence-corrected chi connectivity index (χ1v) is 16.5. The summed E-state index contributed by atoms with van der Waals surface area (Å²) in [6.07, 6.45) is 20.2. The van der Waals surface area contributed by atoms with Crippen molar-refractivity contribution < 1.29 is 14.4 Å². The standard InChI is InChI=1S/C28H43ClN2.C9H12NO2/c1-6-10-13-14-20-31(19-9-4)28-25(16-12-8-3)23(15-11-7-2)22-30(5)27-21-24(29)17-18-26(27)28;1-8(11)7-9-3-5-10(12-2)6-4-9/h7,11,15,17-18,21,28H,2,6,8-10,12-14,16,19-20,22H2,1,3-5H3;3-6H,7H2,1-2H3/q;+1/b15-11-;. The van der Waals surface area contributed by atoms with Gasteiger partial charge in [0.05, 0.1) is 6.04 Å². The lowest BCUT2D eigenvalue weighted by Crippen LogP contribution is -2.39. The first kappa shape index (κ1) is 36.3. The minimum absolute atomic E-state index is 0.171. The highest BCUT2D eigenvalue weighted by molar-refractivity contribution is 6.30. The molecule has 2 heterocycles. The minimum atomic E-state index is 0.171. The molecule has 3 rings (SSSR count). The van der Waals surface area contributed by atoms with Crippen LogP contribution in [0.5, 0.6) is 0 Å². The van der Waals surface area contributed by atoms with Gasteiger partial charge in [-0.2, -0.15) is 0 Å². The van der Waals surface area contributed by atoms with Gasteiger partial charge >= 0.3 is 0 Å². The number of allylic oxidation sites excluding steroid dienone is 2. The molecule has 0 amide bonds. The SMILES string of the molecule is C=C/C=C\C1=C(CCCC)C(N(CCC)CCCCCC)c2ccc(Cl)cc2N(C)C1.CO[n+]1ccc(CC(C)=O)cc1. The van der Waals surface area contributed by atoms with Crippen LogP contribution in [0.4, 0.5) is 5.69 Å². The normalized spacial score (nSPS) is 14.8. The predicted octanol–water partition coefficient (Wildman–Crippen LogP) is 8.52. The Morgan fingerprint density at radius 3 is 2.40 bits per heavy atom. The molecule has 0 N–H and O–H groups in total. The molecule has 6 heteroatoms. The fraction of sp³-hybridized carbons (Fsp3) is 0.514. The van der Waals surface area contributed by atoms with E-state index in [0.717, 1.165) is 36.6 Å². The van der Waals surface area contributed by atoms with Gasteiger partial charge in [0.1, 0.15) is 12.9 Å². The molecule has 0 spiro atoms. The molecule has 1 aliphatic heterocycles. The third-order valence-corrected chi connectivity index (χ3v) is 8.03. The number of hydrogen-bond acceptors (Lipinski definition) is 4. The number of benzene rings is 1. The number of fused-ring (bicyclic) bond motifs is 1. The van der Waals surface area contributed by atoms with E-state index in [9.17, 15) is 4.79 Å². The summed E-state index contributed by atoms with van der Waals surface area (Å²) in [4.78, 5) is 20.8. The number of ketones is 1. The van der Waals surface area contributed by atoms with Gasteiger partial charge in [0.2, 0.25) is 12.4 Å². The average Bonchev–Trinajstić information content (AvgIpc) is 3.10. The largest absolute Gasteiger partial charge is 0.370 e. The summed E-state index contributed by atoms with van der Waals surface area (Å²) in [7, 11) is 3.78. The highest BCUT2D eigenvalue weighted by atomic mass is 35.5. The third kappa shape index (κ3) is 12.0. The summed E-state index contributed by atoms with van der Waals surface area (Å²) in [5, 5.41) is 0.814. The van der Waals surface area contributed by atoms with Crippen molar-refractivity contribution in [1.29, 1.82) is 0 Å². The number of aromatic nitrogens is 1. The van der Waals surface area contributed by atoms with Crippen LogP contribution < -0.4 is 14.5 Å². The number of nitrogens with zero attached hydrogens (tertiary/aromatic N) is 3. The van der Waals surface area contributed by atoms with Gasteiger partial charge in [-0.1, -0.05) is 88.9 Å². The van der Waals surface area contributed by atoms with Crippen molar-refractivity contribution in [2.24, 2.45) is 0 Å². The van der Waals surface area contributed by atoms with Crippen LogP contribution in [0.25, 0.3) is 0 Å². The van der Waals surface area contributed by atoms with Gasteiger partial charge in [0, 0.05) is 47.6 Å². The number of pyridine rings is 1. The maximum absolute atomic E-state index is 10.7. The number of carbonyl (C=O) groups excluding carboxylic acids is 1. The van der Waals surface area contributed by atoms with Gasteiger partial charge in [-0.15, -0.1) is 0 Å². The smallest absolute Gasteiger partial charge is 0.222 e. The number of likely N-dealkylation sites (N-methyl/N-ethyl adjacent to an activating group) is 1. The van der Waals surface area contributed by atoms with Crippen molar-refractivity contribution in [1.82, 2.24) is 4.90 Å².